The summed E-state index contributed by atoms with van der Waals surface area (Å²) in [5.41, 5.74) is 1.17. The van der Waals surface area contributed by atoms with Crippen molar-refractivity contribution in [3.63, 3.8) is 0 Å². The number of benzene rings is 1. The molecule has 0 unspecified atom stereocenters. The highest BCUT2D eigenvalue weighted by Gasteiger charge is 2.10. The zero-order chi connectivity index (χ0) is 14.1. The molecule has 1 aromatic carbocycles. The third kappa shape index (κ3) is 2.05. The van der Waals surface area contributed by atoms with Gasteiger partial charge in [-0.25, -0.2) is 9.78 Å². The van der Waals surface area contributed by atoms with Crippen LogP contribution in [0, 0.1) is 0 Å². The van der Waals surface area contributed by atoms with Crippen LogP contribution in [0.15, 0.2) is 46.2 Å². The van der Waals surface area contributed by atoms with Crippen molar-refractivity contribution in [1.29, 1.82) is 0 Å². The lowest BCUT2D eigenvalue weighted by atomic mass is 10.1. The molecule has 0 aliphatic heterocycles. The molecular weight excluding hydrogens is 256 g/mol. The summed E-state index contributed by atoms with van der Waals surface area (Å²) in [5, 5.41) is 0. The first kappa shape index (κ1) is 12.4. The average molecular weight is 270 g/mol. The Bertz CT molecular complexity index is 858. The number of hydrogen-bond acceptors (Lipinski definition) is 3. The van der Waals surface area contributed by atoms with Crippen LogP contribution < -0.4 is 11.2 Å². The molecule has 0 spiro atoms. The van der Waals surface area contributed by atoms with Crippen molar-refractivity contribution in [2.45, 2.75) is 13.0 Å². The summed E-state index contributed by atoms with van der Waals surface area (Å²) in [6, 6.07) is 10.0. The second kappa shape index (κ2) is 4.80. The van der Waals surface area contributed by atoms with E-state index in [2.05, 4.69) is 9.97 Å². The summed E-state index contributed by atoms with van der Waals surface area (Å²) < 4.78 is 2.82. The van der Waals surface area contributed by atoms with E-state index in [4.69, 9.17) is 0 Å². The Kier molecular flexibility index (Phi) is 2.98. The fourth-order valence-electron chi connectivity index (χ4n) is 2.17. The van der Waals surface area contributed by atoms with Gasteiger partial charge >= 0.3 is 5.69 Å². The summed E-state index contributed by atoms with van der Waals surface area (Å²) in [4.78, 5) is 30.3. The van der Waals surface area contributed by atoms with E-state index in [0.717, 1.165) is 11.0 Å². The lowest BCUT2D eigenvalue weighted by Gasteiger charge is -2.04. The highest BCUT2D eigenvalue weighted by atomic mass is 16.2. The largest absolute Gasteiger partial charge is 0.329 e. The molecule has 20 heavy (non-hydrogen) atoms. The second-order valence-corrected chi connectivity index (χ2v) is 4.67. The Labute approximate surface area is 114 Å². The van der Waals surface area contributed by atoms with Crippen molar-refractivity contribution in [3.8, 4) is 0 Å². The van der Waals surface area contributed by atoms with E-state index < -0.39 is 5.69 Å². The van der Waals surface area contributed by atoms with Gasteiger partial charge in [-0.3, -0.25) is 14.3 Å². The van der Waals surface area contributed by atoms with Crippen LogP contribution in [0.2, 0.25) is 0 Å². The number of aromatic nitrogens is 4. The third-order valence-electron chi connectivity index (χ3n) is 3.36. The number of aryl methyl sites for hydroxylation is 2. The lowest BCUT2D eigenvalue weighted by Crippen LogP contribution is -2.32. The Morgan fingerprint density at radius 1 is 1.20 bits per heavy atom. The summed E-state index contributed by atoms with van der Waals surface area (Å²) >= 11 is 0. The number of H-pyrrole nitrogens is 1. The van der Waals surface area contributed by atoms with Gasteiger partial charge in [0.25, 0.3) is 5.56 Å². The molecule has 0 fully saturated rings. The lowest BCUT2D eigenvalue weighted by molar-refractivity contribution is 0.702. The molecule has 3 rings (SSSR count). The minimum Gasteiger partial charge on any atom is -0.316 e. The van der Waals surface area contributed by atoms with E-state index >= 15 is 0 Å². The monoisotopic (exact) mass is 270 g/mol. The minimum absolute atomic E-state index is 0.292. The average Bonchev–Trinajstić information content (AvgIpc) is 2.87. The topological polar surface area (TPSA) is 72.7 Å². The van der Waals surface area contributed by atoms with Gasteiger partial charge in [-0.15, -0.1) is 0 Å². The molecule has 0 radical (unpaired) electrons. The molecule has 2 heterocycles. The van der Waals surface area contributed by atoms with Crippen molar-refractivity contribution < 1.29 is 0 Å². The van der Waals surface area contributed by atoms with Gasteiger partial charge in [-0.05, 0) is 12.0 Å². The third-order valence-corrected chi connectivity index (χ3v) is 3.36. The summed E-state index contributed by atoms with van der Waals surface area (Å²) in [6.45, 7) is 0.656. The Balaban J connectivity index is 1.97. The first-order chi connectivity index (χ1) is 9.66. The van der Waals surface area contributed by atoms with Crippen LogP contribution >= 0.6 is 0 Å². The van der Waals surface area contributed by atoms with Gasteiger partial charge in [0.1, 0.15) is 5.65 Å². The first-order valence-electron chi connectivity index (χ1n) is 6.35. The molecule has 6 nitrogen and oxygen atoms in total. The molecule has 3 aromatic rings. The van der Waals surface area contributed by atoms with Gasteiger partial charge in [0.2, 0.25) is 0 Å². The van der Waals surface area contributed by atoms with Crippen molar-refractivity contribution in [3.05, 3.63) is 63.1 Å². The van der Waals surface area contributed by atoms with E-state index in [1.54, 1.807) is 10.9 Å². The molecule has 1 N–H and O–H groups in total. The molecule has 0 aliphatic carbocycles. The highest BCUT2D eigenvalue weighted by Crippen LogP contribution is 2.06. The van der Waals surface area contributed by atoms with Gasteiger partial charge in [0.15, 0.2) is 5.52 Å². The van der Waals surface area contributed by atoms with E-state index in [9.17, 15) is 9.59 Å². The number of aromatic amines is 1. The molecule has 0 aliphatic rings. The van der Waals surface area contributed by atoms with Gasteiger partial charge in [-0.2, -0.15) is 0 Å². The molecule has 0 bridgehead atoms. The zero-order valence-electron chi connectivity index (χ0n) is 11.0. The van der Waals surface area contributed by atoms with E-state index in [-0.39, 0.29) is 5.56 Å². The fraction of sp³-hybridized carbons (Fsp3) is 0.214. The standard InChI is InChI=1S/C14H14N4O2/c1-17-13(19)11-12(16-14(17)20)18(9-15-11)8-7-10-5-3-2-4-6-10/h2-6,9H,7-8H2,1H3,(H,16,20). The van der Waals surface area contributed by atoms with Crippen molar-refractivity contribution in [1.82, 2.24) is 19.1 Å². The maximum absolute atomic E-state index is 11.9. The van der Waals surface area contributed by atoms with Crippen LogP contribution in [0.25, 0.3) is 11.2 Å². The fourth-order valence-corrected chi connectivity index (χ4v) is 2.17. The van der Waals surface area contributed by atoms with Gasteiger partial charge in [0, 0.05) is 13.6 Å². The Morgan fingerprint density at radius 2 is 1.95 bits per heavy atom. The van der Waals surface area contributed by atoms with Crippen LogP contribution in [-0.4, -0.2) is 19.1 Å². The van der Waals surface area contributed by atoms with Gasteiger partial charge in [-0.1, -0.05) is 30.3 Å². The molecule has 6 heteroatoms. The molecule has 0 amide bonds. The molecule has 0 saturated heterocycles. The Morgan fingerprint density at radius 3 is 2.70 bits per heavy atom. The van der Waals surface area contributed by atoms with Crippen molar-refractivity contribution in [2.24, 2.45) is 7.05 Å². The Hall–Kier alpha value is -2.63. The summed E-state index contributed by atoms with van der Waals surface area (Å²) in [5.74, 6) is 0. The minimum atomic E-state index is -0.427. The van der Waals surface area contributed by atoms with Crippen molar-refractivity contribution >= 4 is 11.2 Å². The van der Waals surface area contributed by atoms with Gasteiger partial charge < -0.3 is 4.57 Å². The number of hydrogen-bond donors (Lipinski definition) is 1. The van der Waals surface area contributed by atoms with Crippen LogP contribution in [0.3, 0.4) is 0 Å². The van der Waals surface area contributed by atoms with E-state index in [1.165, 1.54) is 12.6 Å². The number of nitrogens with one attached hydrogen (secondary N) is 1. The van der Waals surface area contributed by atoms with E-state index in [1.807, 2.05) is 30.3 Å². The number of rotatable bonds is 3. The number of imidazole rings is 1. The first-order valence-corrected chi connectivity index (χ1v) is 6.35. The molecule has 0 saturated carbocycles. The molecule has 0 atom stereocenters. The maximum atomic E-state index is 11.9. The smallest absolute Gasteiger partial charge is 0.316 e. The van der Waals surface area contributed by atoms with Crippen LogP contribution in [-0.2, 0) is 20.0 Å². The molecule has 2 aromatic heterocycles. The van der Waals surface area contributed by atoms with Crippen molar-refractivity contribution in [2.75, 3.05) is 0 Å². The molecular formula is C14H14N4O2. The van der Waals surface area contributed by atoms with Crippen LogP contribution in [0.1, 0.15) is 5.56 Å². The normalized spacial score (nSPS) is 11.1. The number of nitrogens with zero attached hydrogens (tertiary/aromatic N) is 3. The highest BCUT2D eigenvalue weighted by molar-refractivity contribution is 5.68. The SMILES string of the molecule is Cn1c(=O)[nH]c2c(ncn2CCc2ccccc2)c1=O. The second-order valence-electron chi connectivity index (χ2n) is 4.67. The van der Waals surface area contributed by atoms with Gasteiger partial charge in [0.05, 0.1) is 6.33 Å². The molecule has 102 valence electrons. The summed E-state index contributed by atoms with van der Waals surface area (Å²) in [6.07, 6.45) is 2.40. The van der Waals surface area contributed by atoms with Crippen LogP contribution in [0.4, 0.5) is 0 Å². The zero-order valence-corrected chi connectivity index (χ0v) is 11.0. The van der Waals surface area contributed by atoms with E-state index in [0.29, 0.717) is 17.7 Å². The maximum Gasteiger partial charge on any atom is 0.329 e. The predicted molar refractivity (Wildman–Crippen MR) is 75.7 cm³/mol. The summed E-state index contributed by atoms with van der Waals surface area (Å²) in [7, 11) is 1.43. The predicted octanol–water partition coefficient (Wildman–Crippen LogP) is 0.666. The van der Waals surface area contributed by atoms with Crippen LogP contribution in [0.5, 0.6) is 0 Å². The quantitative estimate of drug-likeness (QED) is 0.760. The number of fused-ring (bicyclic) bond motifs is 1.